The molecule has 0 saturated carbocycles. The van der Waals surface area contributed by atoms with Gasteiger partial charge in [0.05, 0.1) is 23.3 Å². The van der Waals surface area contributed by atoms with E-state index in [0.29, 0.717) is 17.4 Å². The predicted molar refractivity (Wildman–Crippen MR) is 94.7 cm³/mol. The molecule has 1 amide bonds. The van der Waals surface area contributed by atoms with Gasteiger partial charge in [0.1, 0.15) is 5.82 Å². The molecular weight excluding hydrogens is 351 g/mol. The third-order valence-corrected chi connectivity index (χ3v) is 4.87. The topological polar surface area (TPSA) is 68.3 Å². The minimum absolute atomic E-state index is 0.126. The molecule has 0 aliphatic heterocycles. The standard InChI is InChI=1S/C16H17FN2O3S2/c1-3-22-14(20)9-23-10(2)15(21)19-16-18-13(8-24-16)11-4-6-12(17)7-5-11/h4-8,10H,3,9H2,1-2H3,(H,18,19,21). The maximum absolute atomic E-state index is 12.9. The van der Waals surface area contributed by atoms with E-state index in [0.717, 1.165) is 5.56 Å². The largest absolute Gasteiger partial charge is 0.465 e. The molecule has 0 saturated heterocycles. The van der Waals surface area contributed by atoms with Gasteiger partial charge in [-0.15, -0.1) is 23.1 Å². The van der Waals surface area contributed by atoms with Gasteiger partial charge in [0.25, 0.3) is 0 Å². The minimum Gasteiger partial charge on any atom is -0.465 e. The number of nitrogens with one attached hydrogen (secondary N) is 1. The molecule has 1 atom stereocenters. The van der Waals surface area contributed by atoms with E-state index in [9.17, 15) is 14.0 Å². The molecule has 128 valence electrons. The van der Waals surface area contributed by atoms with Crippen molar-refractivity contribution in [1.82, 2.24) is 4.98 Å². The summed E-state index contributed by atoms with van der Waals surface area (Å²) in [7, 11) is 0. The van der Waals surface area contributed by atoms with E-state index in [1.54, 1.807) is 31.4 Å². The summed E-state index contributed by atoms with van der Waals surface area (Å²) in [6.07, 6.45) is 0. The van der Waals surface area contributed by atoms with E-state index < -0.39 is 5.25 Å². The highest BCUT2D eigenvalue weighted by Crippen LogP contribution is 2.25. The van der Waals surface area contributed by atoms with Crippen molar-refractivity contribution < 1.29 is 18.7 Å². The SMILES string of the molecule is CCOC(=O)CSC(C)C(=O)Nc1nc(-c2ccc(F)cc2)cs1. The molecule has 1 N–H and O–H groups in total. The number of carbonyl (C=O) groups is 2. The highest BCUT2D eigenvalue weighted by molar-refractivity contribution is 8.01. The van der Waals surface area contributed by atoms with Gasteiger partial charge < -0.3 is 10.1 Å². The molecule has 0 radical (unpaired) electrons. The first-order valence-electron chi connectivity index (χ1n) is 7.29. The Hall–Kier alpha value is -1.93. The fourth-order valence-electron chi connectivity index (χ4n) is 1.76. The number of nitrogens with zero attached hydrogens (tertiary/aromatic N) is 1. The summed E-state index contributed by atoms with van der Waals surface area (Å²) < 4.78 is 17.8. The predicted octanol–water partition coefficient (Wildman–Crippen LogP) is 3.57. The summed E-state index contributed by atoms with van der Waals surface area (Å²) in [5.74, 6) is -0.754. The molecule has 0 spiro atoms. The molecule has 8 heteroatoms. The van der Waals surface area contributed by atoms with E-state index in [1.165, 1.54) is 35.2 Å². The smallest absolute Gasteiger partial charge is 0.315 e. The molecule has 0 aliphatic rings. The third kappa shape index (κ3) is 5.31. The van der Waals surface area contributed by atoms with Crippen molar-refractivity contribution in [3.8, 4) is 11.3 Å². The van der Waals surface area contributed by atoms with Crippen LogP contribution in [0.1, 0.15) is 13.8 Å². The summed E-state index contributed by atoms with van der Waals surface area (Å²) in [6.45, 7) is 3.78. The van der Waals surface area contributed by atoms with Crippen LogP contribution in [0.15, 0.2) is 29.6 Å². The van der Waals surface area contributed by atoms with E-state index in [1.807, 2.05) is 0 Å². The van der Waals surface area contributed by atoms with Gasteiger partial charge in [-0.25, -0.2) is 9.37 Å². The van der Waals surface area contributed by atoms with Crippen LogP contribution >= 0.6 is 23.1 Å². The van der Waals surface area contributed by atoms with Gasteiger partial charge in [-0.3, -0.25) is 9.59 Å². The van der Waals surface area contributed by atoms with Gasteiger partial charge in [0.2, 0.25) is 5.91 Å². The summed E-state index contributed by atoms with van der Waals surface area (Å²) in [4.78, 5) is 27.7. The maximum Gasteiger partial charge on any atom is 0.315 e. The number of hydrogen-bond donors (Lipinski definition) is 1. The number of anilines is 1. The fourth-order valence-corrected chi connectivity index (χ4v) is 3.17. The third-order valence-electron chi connectivity index (χ3n) is 3.00. The van der Waals surface area contributed by atoms with Crippen molar-refractivity contribution in [3.05, 3.63) is 35.5 Å². The normalized spacial score (nSPS) is 11.8. The van der Waals surface area contributed by atoms with Gasteiger partial charge in [0.15, 0.2) is 5.13 Å². The summed E-state index contributed by atoms with van der Waals surface area (Å²) >= 11 is 2.49. The molecule has 1 heterocycles. The van der Waals surface area contributed by atoms with Crippen molar-refractivity contribution in [3.63, 3.8) is 0 Å². The van der Waals surface area contributed by atoms with E-state index >= 15 is 0 Å². The Bertz CT molecular complexity index is 704. The molecule has 1 unspecified atom stereocenters. The zero-order valence-electron chi connectivity index (χ0n) is 13.2. The Labute approximate surface area is 147 Å². The zero-order valence-corrected chi connectivity index (χ0v) is 14.9. The van der Waals surface area contributed by atoms with Crippen LogP contribution in [-0.2, 0) is 14.3 Å². The Kier molecular flexibility index (Phi) is 6.74. The summed E-state index contributed by atoms with van der Waals surface area (Å²) in [6, 6.07) is 5.99. The minimum atomic E-state index is -0.410. The number of carbonyl (C=O) groups excluding carboxylic acids is 2. The van der Waals surface area contributed by atoms with E-state index in [-0.39, 0.29) is 23.4 Å². The second kappa shape index (κ2) is 8.79. The number of esters is 1. The van der Waals surface area contributed by atoms with Crippen LogP contribution < -0.4 is 5.32 Å². The van der Waals surface area contributed by atoms with Crippen LogP contribution in [0, 0.1) is 5.82 Å². The Morgan fingerprint density at radius 3 is 2.75 bits per heavy atom. The molecule has 1 aromatic heterocycles. The van der Waals surface area contributed by atoms with Crippen molar-refractivity contribution in [2.24, 2.45) is 0 Å². The molecule has 0 fully saturated rings. The van der Waals surface area contributed by atoms with Crippen LogP contribution in [0.3, 0.4) is 0 Å². The Balaban J connectivity index is 1.90. The number of aromatic nitrogens is 1. The fraction of sp³-hybridized carbons (Fsp3) is 0.312. The van der Waals surface area contributed by atoms with Gasteiger partial charge in [0, 0.05) is 10.9 Å². The number of thioether (sulfide) groups is 1. The number of thiazole rings is 1. The van der Waals surface area contributed by atoms with Crippen LogP contribution in [0.5, 0.6) is 0 Å². The second-order valence-electron chi connectivity index (χ2n) is 4.79. The molecule has 0 aliphatic carbocycles. The highest BCUT2D eigenvalue weighted by Gasteiger charge is 2.17. The van der Waals surface area contributed by atoms with Crippen molar-refractivity contribution >= 4 is 40.1 Å². The molecule has 1 aromatic carbocycles. The maximum atomic E-state index is 12.9. The van der Waals surface area contributed by atoms with Crippen LogP contribution in [0.25, 0.3) is 11.3 Å². The molecule has 2 rings (SSSR count). The number of halogens is 1. The Morgan fingerprint density at radius 1 is 1.38 bits per heavy atom. The van der Waals surface area contributed by atoms with E-state index in [2.05, 4.69) is 10.3 Å². The lowest BCUT2D eigenvalue weighted by Crippen LogP contribution is -2.24. The lowest BCUT2D eigenvalue weighted by atomic mass is 10.2. The first-order chi connectivity index (χ1) is 11.5. The Morgan fingerprint density at radius 2 is 2.08 bits per heavy atom. The van der Waals surface area contributed by atoms with Gasteiger partial charge in [-0.2, -0.15) is 0 Å². The van der Waals surface area contributed by atoms with Crippen molar-refractivity contribution in [1.29, 1.82) is 0 Å². The molecule has 24 heavy (non-hydrogen) atoms. The molecule has 2 aromatic rings. The summed E-state index contributed by atoms with van der Waals surface area (Å²) in [5.41, 5.74) is 1.44. The quantitative estimate of drug-likeness (QED) is 0.757. The highest BCUT2D eigenvalue weighted by atomic mass is 32.2. The average Bonchev–Trinajstić information content (AvgIpc) is 3.02. The first kappa shape index (κ1) is 18.4. The number of hydrogen-bond acceptors (Lipinski definition) is 6. The van der Waals surface area contributed by atoms with Gasteiger partial charge >= 0.3 is 5.97 Å². The lowest BCUT2D eigenvalue weighted by molar-refractivity contribution is -0.139. The van der Waals surface area contributed by atoms with Gasteiger partial charge in [-0.05, 0) is 38.1 Å². The molecule has 5 nitrogen and oxygen atoms in total. The number of benzene rings is 1. The first-order valence-corrected chi connectivity index (χ1v) is 9.22. The van der Waals surface area contributed by atoms with Crippen LogP contribution in [0.2, 0.25) is 0 Å². The number of rotatable bonds is 7. The summed E-state index contributed by atoms with van der Waals surface area (Å²) in [5, 5.41) is 4.56. The lowest BCUT2D eigenvalue weighted by Gasteiger charge is -2.09. The monoisotopic (exact) mass is 368 g/mol. The van der Waals surface area contributed by atoms with Gasteiger partial charge in [-0.1, -0.05) is 0 Å². The zero-order chi connectivity index (χ0) is 17.5. The average molecular weight is 368 g/mol. The number of ether oxygens (including phenoxy) is 1. The second-order valence-corrected chi connectivity index (χ2v) is 6.98. The molecule has 0 bridgehead atoms. The van der Waals surface area contributed by atoms with Crippen molar-refractivity contribution in [2.45, 2.75) is 19.1 Å². The van der Waals surface area contributed by atoms with E-state index in [4.69, 9.17) is 4.74 Å². The molecular formula is C16H17FN2O3S2. The van der Waals surface area contributed by atoms with Crippen LogP contribution in [0.4, 0.5) is 9.52 Å². The van der Waals surface area contributed by atoms with Crippen LogP contribution in [-0.4, -0.2) is 34.5 Å². The number of amides is 1. The van der Waals surface area contributed by atoms with Crippen molar-refractivity contribution in [2.75, 3.05) is 17.7 Å².